The van der Waals surface area contributed by atoms with Crippen LogP contribution in [0.2, 0.25) is 0 Å². The Hall–Kier alpha value is -1.13. The van der Waals surface area contributed by atoms with E-state index in [0.717, 1.165) is 56.2 Å². The summed E-state index contributed by atoms with van der Waals surface area (Å²) in [6, 6.07) is 5.41. The highest BCUT2D eigenvalue weighted by molar-refractivity contribution is 5.50. The highest BCUT2D eigenvalue weighted by Crippen LogP contribution is 2.26. The van der Waals surface area contributed by atoms with Gasteiger partial charge in [0.25, 0.3) is 0 Å². The first-order valence-electron chi connectivity index (χ1n) is 7.43. The molecule has 0 atom stereocenters. The van der Waals surface area contributed by atoms with Gasteiger partial charge in [-0.05, 0) is 36.5 Å². The van der Waals surface area contributed by atoms with Crippen molar-refractivity contribution in [2.24, 2.45) is 5.92 Å². The number of hydrogen-bond donors (Lipinski definition) is 1. The highest BCUT2D eigenvalue weighted by Gasteiger charge is 2.18. The molecule has 0 spiro atoms. The predicted octanol–water partition coefficient (Wildman–Crippen LogP) is 2.80. The lowest BCUT2D eigenvalue weighted by molar-refractivity contribution is 0.199. The summed E-state index contributed by atoms with van der Waals surface area (Å²) in [5.41, 5.74) is 1.87. The van der Waals surface area contributed by atoms with Crippen molar-refractivity contribution in [3.63, 3.8) is 0 Å². The Labute approximate surface area is 121 Å². The van der Waals surface area contributed by atoms with Gasteiger partial charge in [0.2, 0.25) is 0 Å². The molecule has 0 bridgehead atoms. The number of ether oxygens (including phenoxy) is 1. The minimum Gasteiger partial charge on any atom is -0.383 e. The van der Waals surface area contributed by atoms with Crippen molar-refractivity contribution in [3.05, 3.63) is 29.6 Å². The van der Waals surface area contributed by atoms with E-state index in [2.05, 4.69) is 17.1 Å². The summed E-state index contributed by atoms with van der Waals surface area (Å²) in [7, 11) is 1.69. The molecule has 1 aromatic rings. The molecule has 0 radical (unpaired) electrons. The fourth-order valence-electron chi connectivity index (χ4n) is 2.57. The molecule has 1 N–H and O–H groups in total. The van der Waals surface area contributed by atoms with Crippen molar-refractivity contribution in [1.82, 2.24) is 5.32 Å². The van der Waals surface area contributed by atoms with Crippen LogP contribution in [0.4, 0.5) is 10.1 Å². The molecule has 20 heavy (non-hydrogen) atoms. The maximum atomic E-state index is 14.0. The van der Waals surface area contributed by atoms with Gasteiger partial charge >= 0.3 is 0 Å². The number of nitrogens with one attached hydrogen (secondary N) is 1. The minimum atomic E-state index is -0.111. The van der Waals surface area contributed by atoms with Crippen LogP contribution in [0.5, 0.6) is 0 Å². The number of nitrogens with zero attached hydrogens (tertiary/aromatic N) is 1. The van der Waals surface area contributed by atoms with Crippen LogP contribution in [-0.4, -0.2) is 33.4 Å². The molecular weight excluding hydrogens is 255 g/mol. The SMILES string of the molecule is COCCNCc1ccc(F)c(N2CCC(C)CC2)c1. The van der Waals surface area contributed by atoms with Crippen LogP contribution in [0.1, 0.15) is 25.3 Å². The molecule has 1 fully saturated rings. The van der Waals surface area contributed by atoms with Gasteiger partial charge in [-0.2, -0.15) is 0 Å². The Bertz CT molecular complexity index is 417. The highest BCUT2D eigenvalue weighted by atomic mass is 19.1. The average molecular weight is 280 g/mol. The van der Waals surface area contributed by atoms with Gasteiger partial charge in [0.15, 0.2) is 0 Å². The first-order valence-corrected chi connectivity index (χ1v) is 7.43. The quantitative estimate of drug-likeness (QED) is 0.811. The van der Waals surface area contributed by atoms with Gasteiger partial charge in [0.1, 0.15) is 5.82 Å². The summed E-state index contributed by atoms with van der Waals surface area (Å²) in [5.74, 6) is 0.647. The lowest BCUT2D eigenvalue weighted by Gasteiger charge is -2.32. The fraction of sp³-hybridized carbons (Fsp3) is 0.625. The summed E-state index contributed by atoms with van der Waals surface area (Å²) in [5, 5.41) is 3.29. The molecule has 1 aromatic carbocycles. The van der Waals surface area contributed by atoms with E-state index in [-0.39, 0.29) is 5.82 Å². The second-order valence-corrected chi connectivity index (χ2v) is 5.62. The summed E-state index contributed by atoms with van der Waals surface area (Å²) in [4.78, 5) is 2.17. The average Bonchev–Trinajstić information content (AvgIpc) is 2.46. The summed E-state index contributed by atoms with van der Waals surface area (Å²) >= 11 is 0. The third-order valence-electron chi connectivity index (χ3n) is 3.95. The molecule has 112 valence electrons. The van der Waals surface area contributed by atoms with Gasteiger partial charge in [0.05, 0.1) is 12.3 Å². The van der Waals surface area contributed by atoms with Crippen LogP contribution >= 0.6 is 0 Å². The van der Waals surface area contributed by atoms with Gasteiger partial charge in [-0.1, -0.05) is 13.0 Å². The van der Waals surface area contributed by atoms with Crippen LogP contribution in [0.25, 0.3) is 0 Å². The van der Waals surface area contributed by atoms with Crippen LogP contribution in [0, 0.1) is 11.7 Å². The number of piperidine rings is 1. The number of anilines is 1. The van der Waals surface area contributed by atoms with E-state index < -0.39 is 0 Å². The van der Waals surface area contributed by atoms with Gasteiger partial charge < -0.3 is 15.0 Å². The molecule has 0 unspecified atom stereocenters. The molecule has 1 aliphatic heterocycles. The molecule has 1 saturated heterocycles. The Kier molecular flexibility index (Phi) is 5.80. The van der Waals surface area contributed by atoms with Crippen LogP contribution in [-0.2, 0) is 11.3 Å². The Balaban J connectivity index is 1.97. The van der Waals surface area contributed by atoms with E-state index >= 15 is 0 Å². The Morgan fingerprint density at radius 3 is 2.80 bits per heavy atom. The molecule has 0 aromatic heterocycles. The van der Waals surface area contributed by atoms with E-state index in [1.54, 1.807) is 13.2 Å². The van der Waals surface area contributed by atoms with Crippen molar-refractivity contribution in [2.75, 3.05) is 38.3 Å². The van der Waals surface area contributed by atoms with Crippen molar-refractivity contribution in [2.45, 2.75) is 26.3 Å². The molecule has 0 aliphatic carbocycles. The number of methoxy groups -OCH3 is 1. The monoisotopic (exact) mass is 280 g/mol. The molecular formula is C16H25FN2O. The molecule has 4 heteroatoms. The standard InChI is InChI=1S/C16H25FN2O/c1-13-5-8-19(9-6-13)16-11-14(3-4-15(16)17)12-18-7-10-20-2/h3-4,11,13,18H,5-10,12H2,1-2H3. The van der Waals surface area contributed by atoms with E-state index in [9.17, 15) is 4.39 Å². The molecule has 1 heterocycles. The smallest absolute Gasteiger partial charge is 0.146 e. The number of benzene rings is 1. The number of halogens is 1. The fourth-order valence-corrected chi connectivity index (χ4v) is 2.57. The van der Waals surface area contributed by atoms with Crippen LogP contribution in [0.15, 0.2) is 18.2 Å². The largest absolute Gasteiger partial charge is 0.383 e. The summed E-state index contributed by atoms with van der Waals surface area (Å²) in [6.45, 7) is 6.44. The molecule has 0 amide bonds. The Morgan fingerprint density at radius 2 is 2.10 bits per heavy atom. The zero-order valence-electron chi connectivity index (χ0n) is 12.5. The number of hydrogen-bond acceptors (Lipinski definition) is 3. The van der Waals surface area contributed by atoms with Crippen molar-refractivity contribution in [1.29, 1.82) is 0 Å². The molecule has 0 saturated carbocycles. The molecule has 1 aliphatic rings. The normalized spacial score (nSPS) is 16.6. The van der Waals surface area contributed by atoms with Crippen molar-refractivity contribution >= 4 is 5.69 Å². The zero-order chi connectivity index (χ0) is 14.4. The van der Waals surface area contributed by atoms with E-state index in [1.165, 1.54) is 0 Å². The molecule has 2 rings (SSSR count). The van der Waals surface area contributed by atoms with Gasteiger partial charge in [-0.15, -0.1) is 0 Å². The second-order valence-electron chi connectivity index (χ2n) is 5.62. The zero-order valence-corrected chi connectivity index (χ0v) is 12.5. The van der Waals surface area contributed by atoms with E-state index in [4.69, 9.17) is 4.74 Å². The van der Waals surface area contributed by atoms with Gasteiger partial charge in [-0.25, -0.2) is 4.39 Å². The third kappa shape index (κ3) is 4.18. The topological polar surface area (TPSA) is 24.5 Å². The predicted molar refractivity (Wildman–Crippen MR) is 80.6 cm³/mol. The maximum absolute atomic E-state index is 14.0. The van der Waals surface area contributed by atoms with Crippen molar-refractivity contribution < 1.29 is 9.13 Å². The third-order valence-corrected chi connectivity index (χ3v) is 3.95. The van der Waals surface area contributed by atoms with Crippen LogP contribution < -0.4 is 10.2 Å². The van der Waals surface area contributed by atoms with E-state index in [0.29, 0.717) is 6.61 Å². The van der Waals surface area contributed by atoms with Crippen LogP contribution in [0.3, 0.4) is 0 Å². The summed E-state index contributed by atoms with van der Waals surface area (Å²) < 4.78 is 19.0. The van der Waals surface area contributed by atoms with E-state index in [1.807, 2.05) is 12.1 Å². The lowest BCUT2D eigenvalue weighted by atomic mass is 9.98. The van der Waals surface area contributed by atoms with Gasteiger partial charge in [-0.3, -0.25) is 0 Å². The maximum Gasteiger partial charge on any atom is 0.146 e. The summed E-state index contributed by atoms with van der Waals surface area (Å²) in [6.07, 6.45) is 2.30. The first kappa shape index (κ1) is 15.3. The molecule has 3 nitrogen and oxygen atoms in total. The lowest BCUT2D eigenvalue weighted by Crippen LogP contribution is -2.33. The minimum absolute atomic E-state index is 0.111. The first-order chi connectivity index (χ1) is 9.70. The number of rotatable bonds is 6. The van der Waals surface area contributed by atoms with Gasteiger partial charge in [0, 0.05) is 33.3 Å². The second kappa shape index (κ2) is 7.60. The Morgan fingerprint density at radius 1 is 1.35 bits per heavy atom. The van der Waals surface area contributed by atoms with Crippen molar-refractivity contribution in [3.8, 4) is 0 Å².